The summed E-state index contributed by atoms with van der Waals surface area (Å²) in [7, 11) is 0. The van der Waals surface area contributed by atoms with Crippen molar-refractivity contribution in [2.45, 2.75) is 45.1 Å². The molecule has 1 aromatic rings. The summed E-state index contributed by atoms with van der Waals surface area (Å²) in [6, 6.07) is 5.11. The number of rotatable bonds is 3. The minimum atomic E-state index is -0.379. The van der Waals surface area contributed by atoms with Crippen LogP contribution in [0.1, 0.15) is 39.0 Å². The molecule has 0 spiro atoms. The van der Waals surface area contributed by atoms with E-state index in [1.54, 1.807) is 12.1 Å². The van der Waals surface area contributed by atoms with Gasteiger partial charge in [-0.05, 0) is 30.9 Å². The van der Waals surface area contributed by atoms with Crippen molar-refractivity contribution in [3.05, 3.63) is 33.3 Å². The highest BCUT2D eigenvalue weighted by Gasteiger charge is 2.23. The Bertz CT molecular complexity index is 465. The first-order chi connectivity index (χ1) is 9.08. The summed E-state index contributed by atoms with van der Waals surface area (Å²) >= 11 is 5.83. The van der Waals surface area contributed by atoms with E-state index >= 15 is 0 Å². The van der Waals surface area contributed by atoms with Crippen molar-refractivity contribution in [1.29, 1.82) is 0 Å². The number of nitrogens with one attached hydrogen (secondary N) is 1. The Labute approximate surface area is 118 Å². The van der Waals surface area contributed by atoms with Crippen LogP contribution in [0.4, 0.5) is 11.4 Å². The number of hydrogen-bond donors (Lipinski definition) is 1. The maximum Gasteiger partial charge on any atom is 0.293 e. The predicted octanol–water partition coefficient (Wildman–Crippen LogP) is 4.63. The van der Waals surface area contributed by atoms with E-state index in [0.29, 0.717) is 22.7 Å². The second-order valence-electron chi connectivity index (χ2n) is 5.28. The average molecular weight is 283 g/mol. The van der Waals surface area contributed by atoms with E-state index in [0.717, 1.165) is 6.42 Å². The molecular formula is C14H19ClN2O2. The molecule has 0 saturated heterocycles. The first kappa shape index (κ1) is 14.1. The van der Waals surface area contributed by atoms with Crippen LogP contribution < -0.4 is 5.32 Å². The second kappa shape index (κ2) is 6.24. The van der Waals surface area contributed by atoms with Gasteiger partial charge in [0.2, 0.25) is 0 Å². The number of benzene rings is 1. The molecule has 1 saturated carbocycles. The van der Waals surface area contributed by atoms with Crippen molar-refractivity contribution in [1.82, 2.24) is 0 Å². The van der Waals surface area contributed by atoms with Crippen LogP contribution in [0.2, 0.25) is 5.02 Å². The van der Waals surface area contributed by atoms with Crippen LogP contribution in [-0.2, 0) is 0 Å². The number of nitro groups is 1. The zero-order chi connectivity index (χ0) is 13.8. The van der Waals surface area contributed by atoms with Crippen molar-refractivity contribution in [2.75, 3.05) is 5.32 Å². The molecular weight excluding hydrogens is 264 g/mol. The van der Waals surface area contributed by atoms with E-state index < -0.39 is 0 Å². The lowest BCUT2D eigenvalue weighted by Crippen LogP contribution is -2.26. The Kier molecular flexibility index (Phi) is 4.64. The van der Waals surface area contributed by atoms with Gasteiger partial charge in [0.05, 0.1) is 4.92 Å². The Morgan fingerprint density at radius 3 is 2.79 bits per heavy atom. The molecule has 19 heavy (non-hydrogen) atoms. The highest BCUT2D eigenvalue weighted by Crippen LogP contribution is 2.32. The van der Waals surface area contributed by atoms with Gasteiger partial charge in [-0.15, -0.1) is 0 Å². The summed E-state index contributed by atoms with van der Waals surface area (Å²) in [4.78, 5) is 10.7. The molecule has 104 valence electrons. The molecule has 2 rings (SSSR count). The standard InChI is InChI=1S/C14H19ClN2O2/c1-10-5-3-2-4-6-12(10)16-13-8-7-11(15)9-14(13)17(18)19/h7-10,12,16H,2-6H2,1H3. The van der Waals surface area contributed by atoms with Crippen LogP contribution in [0.15, 0.2) is 18.2 Å². The molecule has 1 aliphatic rings. The number of anilines is 1. The van der Waals surface area contributed by atoms with Gasteiger partial charge in [-0.2, -0.15) is 0 Å². The van der Waals surface area contributed by atoms with E-state index in [1.807, 2.05) is 0 Å². The van der Waals surface area contributed by atoms with Gasteiger partial charge in [0.25, 0.3) is 5.69 Å². The summed E-state index contributed by atoms with van der Waals surface area (Å²) in [5.41, 5.74) is 0.636. The zero-order valence-electron chi connectivity index (χ0n) is 11.1. The van der Waals surface area contributed by atoms with E-state index in [2.05, 4.69) is 12.2 Å². The zero-order valence-corrected chi connectivity index (χ0v) is 11.8. The molecule has 1 fully saturated rings. The molecule has 0 heterocycles. The van der Waals surface area contributed by atoms with Gasteiger partial charge < -0.3 is 5.32 Å². The molecule has 0 bridgehead atoms. The van der Waals surface area contributed by atoms with Gasteiger partial charge in [-0.3, -0.25) is 10.1 Å². The van der Waals surface area contributed by atoms with Crippen molar-refractivity contribution in [3.63, 3.8) is 0 Å². The highest BCUT2D eigenvalue weighted by molar-refractivity contribution is 6.30. The molecule has 0 aromatic heterocycles. The predicted molar refractivity (Wildman–Crippen MR) is 77.8 cm³/mol. The fraction of sp³-hybridized carbons (Fsp3) is 0.571. The maximum absolute atomic E-state index is 11.1. The van der Waals surface area contributed by atoms with Gasteiger partial charge in [0.15, 0.2) is 0 Å². The monoisotopic (exact) mass is 282 g/mol. The van der Waals surface area contributed by atoms with Crippen molar-refractivity contribution < 1.29 is 4.92 Å². The van der Waals surface area contributed by atoms with Crippen molar-refractivity contribution >= 4 is 23.0 Å². The quantitative estimate of drug-likeness (QED) is 0.499. The maximum atomic E-state index is 11.1. The van der Waals surface area contributed by atoms with Crippen LogP contribution in [0, 0.1) is 16.0 Å². The molecule has 0 aliphatic heterocycles. The Morgan fingerprint density at radius 2 is 2.05 bits per heavy atom. The Hall–Kier alpha value is -1.29. The third kappa shape index (κ3) is 3.60. The van der Waals surface area contributed by atoms with Gasteiger partial charge in [0.1, 0.15) is 5.69 Å². The lowest BCUT2D eigenvalue weighted by molar-refractivity contribution is -0.384. The van der Waals surface area contributed by atoms with E-state index in [9.17, 15) is 10.1 Å². The van der Waals surface area contributed by atoms with Crippen LogP contribution in [-0.4, -0.2) is 11.0 Å². The summed E-state index contributed by atoms with van der Waals surface area (Å²) in [6.45, 7) is 2.21. The SMILES string of the molecule is CC1CCCCCC1Nc1ccc(Cl)cc1[N+](=O)[O-]. The topological polar surface area (TPSA) is 55.2 Å². The minimum absolute atomic E-state index is 0.0592. The van der Waals surface area contributed by atoms with E-state index in [4.69, 9.17) is 11.6 Å². The third-order valence-electron chi connectivity index (χ3n) is 3.86. The molecule has 1 N–H and O–H groups in total. The molecule has 5 heteroatoms. The Balaban J connectivity index is 2.19. The summed E-state index contributed by atoms with van der Waals surface area (Å²) in [6.07, 6.45) is 5.94. The summed E-state index contributed by atoms with van der Waals surface area (Å²) in [5.74, 6) is 0.540. The van der Waals surface area contributed by atoms with Gasteiger partial charge in [-0.25, -0.2) is 0 Å². The van der Waals surface area contributed by atoms with Crippen LogP contribution in [0.25, 0.3) is 0 Å². The number of nitro benzene ring substituents is 1. The molecule has 2 atom stereocenters. The highest BCUT2D eigenvalue weighted by atomic mass is 35.5. The fourth-order valence-corrected chi connectivity index (χ4v) is 2.85. The molecule has 1 aromatic carbocycles. The van der Waals surface area contributed by atoms with Crippen LogP contribution in [0.5, 0.6) is 0 Å². The molecule has 0 amide bonds. The fourth-order valence-electron chi connectivity index (χ4n) is 2.69. The van der Waals surface area contributed by atoms with Crippen molar-refractivity contribution in [2.24, 2.45) is 5.92 Å². The van der Waals surface area contributed by atoms with E-state index in [1.165, 1.54) is 31.7 Å². The van der Waals surface area contributed by atoms with Gasteiger partial charge in [0, 0.05) is 17.1 Å². The first-order valence-corrected chi connectivity index (χ1v) is 7.16. The first-order valence-electron chi connectivity index (χ1n) is 6.78. The van der Waals surface area contributed by atoms with Gasteiger partial charge >= 0.3 is 0 Å². The second-order valence-corrected chi connectivity index (χ2v) is 5.72. The lowest BCUT2D eigenvalue weighted by atomic mass is 9.96. The number of halogens is 1. The van der Waals surface area contributed by atoms with E-state index in [-0.39, 0.29) is 10.6 Å². The minimum Gasteiger partial charge on any atom is -0.376 e. The summed E-state index contributed by atoms with van der Waals surface area (Å²) in [5, 5.41) is 14.8. The molecule has 2 unspecified atom stereocenters. The normalized spacial score (nSPS) is 23.7. The molecule has 0 radical (unpaired) electrons. The largest absolute Gasteiger partial charge is 0.376 e. The average Bonchev–Trinajstić information content (AvgIpc) is 2.57. The number of nitrogens with zero attached hydrogens (tertiary/aromatic N) is 1. The summed E-state index contributed by atoms with van der Waals surface area (Å²) < 4.78 is 0. The third-order valence-corrected chi connectivity index (χ3v) is 4.09. The lowest BCUT2D eigenvalue weighted by Gasteiger charge is -2.23. The molecule has 4 nitrogen and oxygen atoms in total. The van der Waals surface area contributed by atoms with Crippen LogP contribution in [0.3, 0.4) is 0 Å². The molecule has 1 aliphatic carbocycles. The van der Waals surface area contributed by atoms with Crippen LogP contribution >= 0.6 is 11.6 Å². The Morgan fingerprint density at radius 1 is 1.32 bits per heavy atom. The smallest absolute Gasteiger partial charge is 0.293 e. The number of hydrogen-bond acceptors (Lipinski definition) is 3. The van der Waals surface area contributed by atoms with Crippen molar-refractivity contribution in [3.8, 4) is 0 Å². The van der Waals surface area contributed by atoms with Gasteiger partial charge in [-0.1, -0.05) is 37.8 Å².